The minimum Gasteiger partial charge on any atom is -0.397 e. The van der Waals surface area contributed by atoms with E-state index in [0.717, 1.165) is 4.88 Å². The van der Waals surface area contributed by atoms with Crippen LogP contribution in [-0.4, -0.2) is 19.8 Å². The molecule has 0 radical (unpaired) electrons. The zero-order chi connectivity index (χ0) is 15.8. The molecule has 0 atom stereocenters. The average Bonchev–Trinajstić information content (AvgIpc) is 2.79. The van der Waals surface area contributed by atoms with Crippen molar-refractivity contribution in [2.24, 2.45) is 0 Å². The summed E-state index contributed by atoms with van der Waals surface area (Å²) in [6, 6.07) is 6.50. The van der Waals surface area contributed by atoms with Gasteiger partial charge >= 0.3 is 0 Å². The van der Waals surface area contributed by atoms with Gasteiger partial charge in [-0.05, 0) is 36.8 Å². The summed E-state index contributed by atoms with van der Waals surface area (Å²) in [6.07, 6.45) is 0. The topological polar surface area (TPSA) is 63.4 Å². The Balaban J connectivity index is 2.35. The van der Waals surface area contributed by atoms with Crippen LogP contribution in [0, 0.1) is 6.92 Å². The molecule has 2 aromatic rings. The maximum absolute atomic E-state index is 12.6. The van der Waals surface area contributed by atoms with E-state index in [1.807, 2.05) is 6.07 Å². The number of nitrogens with two attached hydrogens (primary N) is 1. The molecule has 2 N–H and O–H groups in total. The molecule has 1 aromatic heterocycles. The van der Waals surface area contributed by atoms with Gasteiger partial charge in [0.25, 0.3) is 0 Å². The molecule has 21 heavy (non-hydrogen) atoms. The Morgan fingerprint density at radius 2 is 1.95 bits per heavy atom. The number of hydrogen-bond acceptors (Lipinski definition) is 4. The molecule has 0 spiro atoms. The van der Waals surface area contributed by atoms with Crippen LogP contribution in [0.2, 0.25) is 9.36 Å². The van der Waals surface area contributed by atoms with E-state index in [4.69, 9.17) is 28.9 Å². The number of rotatable bonds is 4. The van der Waals surface area contributed by atoms with Crippen LogP contribution in [-0.2, 0) is 16.6 Å². The van der Waals surface area contributed by atoms with Crippen molar-refractivity contribution in [2.75, 3.05) is 12.8 Å². The molecule has 4 nitrogen and oxygen atoms in total. The Bertz CT molecular complexity index is 772. The Labute approximate surface area is 138 Å². The van der Waals surface area contributed by atoms with Gasteiger partial charge in [-0.3, -0.25) is 0 Å². The van der Waals surface area contributed by atoms with E-state index < -0.39 is 10.0 Å². The lowest BCUT2D eigenvalue weighted by atomic mass is 10.2. The highest BCUT2D eigenvalue weighted by atomic mass is 35.5. The van der Waals surface area contributed by atoms with E-state index in [0.29, 0.717) is 14.9 Å². The normalized spacial score (nSPS) is 12.0. The van der Waals surface area contributed by atoms with E-state index in [-0.39, 0.29) is 17.1 Å². The number of anilines is 1. The van der Waals surface area contributed by atoms with Crippen molar-refractivity contribution in [2.45, 2.75) is 18.4 Å². The van der Waals surface area contributed by atoms with Crippen molar-refractivity contribution >= 4 is 50.2 Å². The second-order valence-electron chi connectivity index (χ2n) is 4.61. The SMILES string of the molecule is Cc1cc(Cl)c(N)cc1S(=O)(=O)N(C)Cc1ccc(Cl)s1. The zero-order valence-corrected chi connectivity index (χ0v) is 14.6. The molecule has 0 bridgehead atoms. The van der Waals surface area contributed by atoms with Crippen LogP contribution in [0.1, 0.15) is 10.4 Å². The molecule has 0 fully saturated rings. The minimum absolute atomic E-state index is 0.162. The van der Waals surface area contributed by atoms with Crippen molar-refractivity contribution in [1.29, 1.82) is 0 Å². The van der Waals surface area contributed by atoms with Crippen molar-refractivity contribution in [3.63, 3.8) is 0 Å². The molecule has 2 rings (SSSR count). The first kappa shape index (κ1) is 16.6. The van der Waals surface area contributed by atoms with Crippen LogP contribution in [0.15, 0.2) is 29.2 Å². The Morgan fingerprint density at radius 1 is 1.29 bits per heavy atom. The monoisotopic (exact) mass is 364 g/mol. The first-order chi connectivity index (χ1) is 9.71. The highest BCUT2D eigenvalue weighted by molar-refractivity contribution is 7.89. The van der Waals surface area contributed by atoms with Gasteiger partial charge < -0.3 is 5.73 Å². The van der Waals surface area contributed by atoms with Gasteiger partial charge in [-0.1, -0.05) is 23.2 Å². The predicted octanol–water partition coefficient (Wildman–Crippen LogP) is 3.77. The summed E-state index contributed by atoms with van der Waals surface area (Å²) in [5, 5.41) is 0.346. The van der Waals surface area contributed by atoms with E-state index >= 15 is 0 Å². The third kappa shape index (κ3) is 3.52. The third-order valence-corrected chi connectivity index (χ3v) is 6.48. The van der Waals surface area contributed by atoms with Crippen LogP contribution in [0.3, 0.4) is 0 Å². The maximum Gasteiger partial charge on any atom is 0.243 e. The lowest BCUT2D eigenvalue weighted by Crippen LogP contribution is -2.26. The number of hydrogen-bond donors (Lipinski definition) is 1. The van der Waals surface area contributed by atoms with E-state index in [9.17, 15) is 8.42 Å². The molecule has 0 saturated heterocycles. The molecule has 0 unspecified atom stereocenters. The van der Waals surface area contributed by atoms with Crippen LogP contribution in [0.4, 0.5) is 5.69 Å². The van der Waals surface area contributed by atoms with Crippen LogP contribution in [0.5, 0.6) is 0 Å². The molecule has 8 heteroatoms. The van der Waals surface area contributed by atoms with E-state index in [2.05, 4.69) is 0 Å². The van der Waals surface area contributed by atoms with Crippen molar-refractivity contribution in [3.8, 4) is 0 Å². The second kappa shape index (κ2) is 6.14. The van der Waals surface area contributed by atoms with Gasteiger partial charge in [0.15, 0.2) is 0 Å². The number of nitrogen functional groups attached to an aromatic ring is 1. The Kier molecular flexibility index (Phi) is 4.85. The van der Waals surface area contributed by atoms with Gasteiger partial charge in [0.05, 0.1) is 19.9 Å². The summed E-state index contributed by atoms with van der Waals surface area (Å²) >= 11 is 13.1. The van der Waals surface area contributed by atoms with Gasteiger partial charge in [-0.2, -0.15) is 4.31 Å². The summed E-state index contributed by atoms with van der Waals surface area (Å²) in [5.41, 5.74) is 6.52. The Morgan fingerprint density at radius 3 is 2.52 bits per heavy atom. The van der Waals surface area contributed by atoms with Crippen molar-refractivity contribution < 1.29 is 8.42 Å². The summed E-state index contributed by atoms with van der Waals surface area (Å²) in [5.74, 6) is 0. The number of sulfonamides is 1. The molecule has 0 aliphatic rings. The zero-order valence-electron chi connectivity index (χ0n) is 11.4. The van der Waals surface area contributed by atoms with Crippen molar-refractivity contribution in [3.05, 3.63) is 44.1 Å². The highest BCUT2D eigenvalue weighted by Gasteiger charge is 2.24. The van der Waals surface area contributed by atoms with Crippen LogP contribution >= 0.6 is 34.5 Å². The number of nitrogens with zero attached hydrogens (tertiary/aromatic N) is 1. The summed E-state index contributed by atoms with van der Waals surface area (Å²) in [4.78, 5) is 1.03. The van der Waals surface area contributed by atoms with E-state index in [1.165, 1.54) is 28.8 Å². The van der Waals surface area contributed by atoms with Crippen LogP contribution < -0.4 is 5.73 Å². The predicted molar refractivity (Wildman–Crippen MR) is 88.6 cm³/mol. The van der Waals surface area contributed by atoms with Gasteiger partial charge in [0.2, 0.25) is 10.0 Å². The fourth-order valence-corrected chi connectivity index (χ4v) is 4.68. The molecule has 0 aliphatic carbocycles. The minimum atomic E-state index is -3.64. The quantitative estimate of drug-likeness (QED) is 0.839. The fraction of sp³-hybridized carbons (Fsp3) is 0.231. The molecular formula is C13H14Cl2N2O2S2. The molecule has 0 aliphatic heterocycles. The first-order valence-electron chi connectivity index (χ1n) is 5.98. The number of benzene rings is 1. The average molecular weight is 365 g/mol. The highest BCUT2D eigenvalue weighted by Crippen LogP contribution is 2.29. The Hall–Kier alpha value is -0.790. The smallest absolute Gasteiger partial charge is 0.243 e. The van der Waals surface area contributed by atoms with E-state index in [1.54, 1.807) is 19.1 Å². The molecule has 114 valence electrons. The second-order valence-corrected chi connectivity index (χ2v) is 8.83. The molecule has 0 saturated carbocycles. The molecule has 0 amide bonds. The molecule has 1 aromatic carbocycles. The van der Waals surface area contributed by atoms with Gasteiger partial charge in [0, 0.05) is 18.5 Å². The van der Waals surface area contributed by atoms with Gasteiger partial charge in [0.1, 0.15) is 0 Å². The van der Waals surface area contributed by atoms with Crippen molar-refractivity contribution in [1.82, 2.24) is 4.31 Å². The summed E-state index contributed by atoms with van der Waals surface area (Å²) < 4.78 is 27.1. The number of aryl methyl sites for hydroxylation is 1. The summed E-state index contributed by atoms with van der Waals surface area (Å²) in [6.45, 7) is 1.94. The number of halogens is 2. The fourth-order valence-electron chi connectivity index (χ4n) is 1.86. The van der Waals surface area contributed by atoms with Crippen LogP contribution in [0.25, 0.3) is 0 Å². The first-order valence-corrected chi connectivity index (χ1v) is 8.99. The van der Waals surface area contributed by atoms with Gasteiger partial charge in [-0.15, -0.1) is 11.3 Å². The standard InChI is InChI=1S/C13H14Cl2N2O2S2/c1-8-5-10(14)11(16)6-12(8)21(18,19)17(2)7-9-3-4-13(15)20-9/h3-6H,7,16H2,1-2H3. The number of thiophene rings is 1. The molecule has 1 heterocycles. The third-order valence-electron chi connectivity index (χ3n) is 2.99. The molecular weight excluding hydrogens is 351 g/mol. The summed E-state index contributed by atoms with van der Waals surface area (Å²) in [7, 11) is -2.12. The maximum atomic E-state index is 12.6. The largest absolute Gasteiger partial charge is 0.397 e. The van der Waals surface area contributed by atoms with Gasteiger partial charge in [-0.25, -0.2) is 8.42 Å². The lowest BCUT2D eigenvalue weighted by molar-refractivity contribution is 0.469. The lowest BCUT2D eigenvalue weighted by Gasteiger charge is -2.18.